The van der Waals surface area contributed by atoms with Gasteiger partial charge in [0.05, 0.1) is 0 Å². The Hall–Kier alpha value is -1.07. The molecule has 1 rings (SSSR count). The number of nitrogens with zero attached hydrogens (tertiary/aromatic N) is 1. The number of halogens is 3. The Bertz CT molecular complexity index is 391. The zero-order valence-electron chi connectivity index (χ0n) is 11.4. The van der Waals surface area contributed by atoms with Crippen molar-refractivity contribution in [1.82, 2.24) is 4.90 Å². The molecule has 0 bridgehead atoms. The van der Waals surface area contributed by atoms with E-state index in [0.29, 0.717) is 13.1 Å². The number of aryl methyl sites for hydroxylation is 1. The minimum atomic E-state index is -4.24. The van der Waals surface area contributed by atoms with Crippen molar-refractivity contribution < 1.29 is 13.2 Å². The predicted molar refractivity (Wildman–Crippen MR) is 70.8 cm³/mol. The maximum Gasteiger partial charge on any atom is 0.404 e. The van der Waals surface area contributed by atoms with Crippen LogP contribution in [0, 0.1) is 6.92 Å². The largest absolute Gasteiger partial charge is 0.404 e. The van der Waals surface area contributed by atoms with Crippen molar-refractivity contribution in [1.29, 1.82) is 0 Å². The van der Waals surface area contributed by atoms with Gasteiger partial charge in [0.15, 0.2) is 0 Å². The van der Waals surface area contributed by atoms with Gasteiger partial charge in [0.25, 0.3) is 0 Å². The first-order chi connectivity index (χ1) is 8.90. The first kappa shape index (κ1) is 16.0. The molecule has 0 aliphatic rings. The second-order valence-corrected chi connectivity index (χ2v) is 4.62. The van der Waals surface area contributed by atoms with Crippen molar-refractivity contribution in [3.8, 4) is 0 Å². The van der Waals surface area contributed by atoms with Crippen LogP contribution in [0.15, 0.2) is 24.3 Å². The Morgan fingerprint density at radius 1 is 1.26 bits per heavy atom. The summed E-state index contributed by atoms with van der Waals surface area (Å²) in [6.07, 6.45) is -4.30. The number of nitrogens with two attached hydrogens (primary N) is 1. The third kappa shape index (κ3) is 4.51. The van der Waals surface area contributed by atoms with Crippen LogP contribution in [-0.4, -0.2) is 30.2 Å². The van der Waals surface area contributed by atoms with Gasteiger partial charge < -0.3 is 5.73 Å². The molecular formula is C14H21F3N2. The standard InChI is InChI=1S/C14H21F3N2/c1-3-19(13(8-9-18)14(15,16)17)10-12-7-5-4-6-11(12)2/h4-7,13H,3,8-10,18H2,1-2H3. The summed E-state index contributed by atoms with van der Waals surface area (Å²) in [5, 5.41) is 0. The van der Waals surface area contributed by atoms with Crippen LogP contribution in [0.4, 0.5) is 13.2 Å². The van der Waals surface area contributed by atoms with Gasteiger partial charge in [-0.3, -0.25) is 4.90 Å². The number of alkyl halides is 3. The maximum atomic E-state index is 13.1. The number of benzene rings is 1. The minimum Gasteiger partial charge on any atom is -0.330 e. The molecule has 0 amide bonds. The van der Waals surface area contributed by atoms with Crippen molar-refractivity contribution in [2.75, 3.05) is 13.1 Å². The molecule has 0 aliphatic carbocycles. The van der Waals surface area contributed by atoms with Gasteiger partial charge in [-0.05, 0) is 37.6 Å². The molecule has 2 N–H and O–H groups in total. The van der Waals surface area contributed by atoms with Crippen molar-refractivity contribution in [3.63, 3.8) is 0 Å². The van der Waals surface area contributed by atoms with Crippen molar-refractivity contribution >= 4 is 0 Å². The highest BCUT2D eigenvalue weighted by atomic mass is 19.4. The van der Waals surface area contributed by atoms with Gasteiger partial charge in [-0.15, -0.1) is 0 Å². The van der Waals surface area contributed by atoms with E-state index >= 15 is 0 Å². The minimum absolute atomic E-state index is 0.0362. The van der Waals surface area contributed by atoms with Gasteiger partial charge in [-0.1, -0.05) is 31.2 Å². The second-order valence-electron chi connectivity index (χ2n) is 4.62. The van der Waals surface area contributed by atoms with Crippen LogP contribution in [0.2, 0.25) is 0 Å². The van der Waals surface area contributed by atoms with Crippen LogP contribution in [0.25, 0.3) is 0 Å². The van der Waals surface area contributed by atoms with E-state index in [2.05, 4.69) is 0 Å². The molecule has 0 fully saturated rings. The third-order valence-corrected chi connectivity index (χ3v) is 3.30. The van der Waals surface area contributed by atoms with Gasteiger partial charge in [0, 0.05) is 6.54 Å². The number of rotatable bonds is 6. The number of hydrogen-bond acceptors (Lipinski definition) is 2. The molecule has 0 aromatic heterocycles. The first-order valence-electron chi connectivity index (χ1n) is 6.45. The molecule has 0 saturated carbocycles. The summed E-state index contributed by atoms with van der Waals surface area (Å²) in [7, 11) is 0. The summed E-state index contributed by atoms with van der Waals surface area (Å²) in [5.41, 5.74) is 7.25. The van der Waals surface area contributed by atoms with Crippen LogP contribution in [0.5, 0.6) is 0 Å². The molecule has 0 heterocycles. The topological polar surface area (TPSA) is 29.3 Å². The summed E-state index contributed by atoms with van der Waals surface area (Å²) in [6, 6.07) is 6.04. The van der Waals surface area contributed by atoms with Crippen LogP contribution < -0.4 is 5.73 Å². The molecule has 1 aromatic carbocycles. The molecule has 0 aliphatic heterocycles. The molecule has 0 radical (unpaired) electrons. The van der Waals surface area contributed by atoms with E-state index < -0.39 is 12.2 Å². The smallest absolute Gasteiger partial charge is 0.330 e. The van der Waals surface area contributed by atoms with E-state index in [9.17, 15) is 13.2 Å². The highest BCUT2D eigenvalue weighted by Crippen LogP contribution is 2.28. The lowest BCUT2D eigenvalue weighted by atomic mass is 10.1. The normalized spacial score (nSPS) is 13.8. The van der Waals surface area contributed by atoms with Gasteiger partial charge in [0.1, 0.15) is 6.04 Å². The highest BCUT2D eigenvalue weighted by molar-refractivity contribution is 5.25. The summed E-state index contributed by atoms with van der Waals surface area (Å²) in [4.78, 5) is 1.44. The average molecular weight is 274 g/mol. The Kier molecular flexibility index (Phi) is 5.82. The molecular weight excluding hydrogens is 253 g/mol. The van der Waals surface area contributed by atoms with Crippen LogP contribution in [-0.2, 0) is 6.54 Å². The molecule has 1 aromatic rings. The van der Waals surface area contributed by atoms with Crippen molar-refractivity contribution in [2.24, 2.45) is 5.73 Å². The third-order valence-electron chi connectivity index (χ3n) is 3.30. The van der Waals surface area contributed by atoms with E-state index in [1.54, 1.807) is 6.92 Å². The fourth-order valence-corrected chi connectivity index (χ4v) is 2.16. The molecule has 19 heavy (non-hydrogen) atoms. The maximum absolute atomic E-state index is 13.1. The Labute approximate surface area is 112 Å². The quantitative estimate of drug-likeness (QED) is 0.863. The van der Waals surface area contributed by atoms with Crippen LogP contribution in [0.3, 0.4) is 0 Å². The summed E-state index contributed by atoms with van der Waals surface area (Å²) in [5.74, 6) is 0. The van der Waals surface area contributed by atoms with Crippen LogP contribution in [0.1, 0.15) is 24.5 Å². The predicted octanol–water partition coefficient (Wildman–Crippen LogP) is 3.10. The lowest BCUT2D eigenvalue weighted by Crippen LogP contribution is -2.46. The molecule has 0 saturated heterocycles. The Morgan fingerprint density at radius 2 is 1.89 bits per heavy atom. The van der Waals surface area contributed by atoms with E-state index in [-0.39, 0.29) is 13.0 Å². The van der Waals surface area contributed by atoms with Crippen molar-refractivity contribution in [3.05, 3.63) is 35.4 Å². The molecule has 5 heteroatoms. The SMILES string of the molecule is CCN(Cc1ccccc1C)C(CCN)C(F)(F)F. The van der Waals surface area contributed by atoms with Gasteiger partial charge in [0.2, 0.25) is 0 Å². The Morgan fingerprint density at radius 3 is 2.37 bits per heavy atom. The average Bonchev–Trinajstić information content (AvgIpc) is 2.34. The van der Waals surface area contributed by atoms with E-state index in [4.69, 9.17) is 5.73 Å². The monoisotopic (exact) mass is 274 g/mol. The van der Waals surface area contributed by atoms with Gasteiger partial charge >= 0.3 is 6.18 Å². The second kappa shape index (κ2) is 6.91. The van der Waals surface area contributed by atoms with E-state index in [1.165, 1.54) is 4.90 Å². The fourth-order valence-electron chi connectivity index (χ4n) is 2.16. The van der Waals surface area contributed by atoms with Gasteiger partial charge in [-0.2, -0.15) is 13.2 Å². The van der Waals surface area contributed by atoms with E-state index in [1.807, 2.05) is 31.2 Å². The lowest BCUT2D eigenvalue weighted by molar-refractivity contribution is -0.186. The molecule has 108 valence electrons. The van der Waals surface area contributed by atoms with Crippen LogP contribution >= 0.6 is 0 Å². The zero-order chi connectivity index (χ0) is 14.5. The lowest BCUT2D eigenvalue weighted by Gasteiger charge is -2.32. The van der Waals surface area contributed by atoms with E-state index in [0.717, 1.165) is 11.1 Å². The fraction of sp³-hybridized carbons (Fsp3) is 0.571. The summed E-state index contributed by atoms with van der Waals surface area (Å²) < 4.78 is 39.2. The zero-order valence-corrected chi connectivity index (χ0v) is 11.4. The highest BCUT2D eigenvalue weighted by Gasteiger charge is 2.42. The summed E-state index contributed by atoms with van der Waals surface area (Å²) >= 11 is 0. The first-order valence-corrected chi connectivity index (χ1v) is 6.45. The molecule has 1 unspecified atom stereocenters. The Balaban J connectivity index is 2.89. The van der Waals surface area contributed by atoms with Crippen molar-refractivity contribution in [2.45, 2.75) is 39.0 Å². The number of hydrogen-bond donors (Lipinski definition) is 1. The summed E-state index contributed by atoms with van der Waals surface area (Å²) in [6.45, 7) is 4.34. The molecule has 0 spiro atoms. The molecule has 2 nitrogen and oxygen atoms in total. The van der Waals surface area contributed by atoms with Gasteiger partial charge in [-0.25, -0.2) is 0 Å². The molecule has 1 atom stereocenters.